The van der Waals surface area contributed by atoms with E-state index in [9.17, 15) is 9.59 Å². The van der Waals surface area contributed by atoms with Gasteiger partial charge in [0, 0.05) is 6.38 Å². The van der Waals surface area contributed by atoms with E-state index in [2.05, 4.69) is 65.5 Å². The van der Waals surface area contributed by atoms with Gasteiger partial charge in [0.25, 0.3) is 0 Å². The molecule has 0 heterocycles. The van der Waals surface area contributed by atoms with Gasteiger partial charge in [0.15, 0.2) is 6.54 Å². The predicted molar refractivity (Wildman–Crippen MR) is 212 cm³/mol. The number of quaternary nitrogens is 2. The highest BCUT2D eigenvalue weighted by Crippen LogP contribution is 2.26. The molecule has 2 aromatic rings. The van der Waals surface area contributed by atoms with Crippen LogP contribution in [0.2, 0.25) is 0 Å². The molecule has 0 N–H and O–H groups in total. The molecule has 2 rings (SSSR count). The van der Waals surface area contributed by atoms with Crippen LogP contribution in [-0.4, -0.2) is 75.2 Å². The monoisotopic (exact) mass is 707 g/mol. The van der Waals surface area contributed by atoms with Gasteiger partial charge in [-0.3, -0.25) is 0 Å². The summed E-state index contributed by atoms with van der Waals surface area (Å²) in [6.07, 6.45) is 10.6. The first-order valence-electron chi connectivity index (χ1n) is 18.8. The van der Waals surface area contributed by atoms with Crippen LogP contribution in [0.4, 0.5) is 4.79 Å². The number of hydrogen-bond donors (Lipinski definition) is 0. The van der Waals surface area contributed by atoms with E-state index in [-0.39, 0.29) is 16.5 Å². The summed E-state index contributed by atoms with van der Waals surface area (Å²) in [6.45, 7) is 22.7. The van der Waals surface area contributed by atoms with Crippen LogP contribution in [0.3, 0.4) is 0 Å². The number of aryl methyl sites for hydroxylation is 2. The van der Waals surface area contributed by atoms with Gasteiger partial charge in [0.1, 0.15) is 11.5 Å². The Kier molecular flexibility index (Phi) is 26.2. The Balaban J connectivity index is 0. The van der Waals surface area contributed by atoms with Crippen molar-refractivity contribution in [3.63, 3.8) is 0 Å². The molecule has 0 aliphatic heterocycles. The molecule has 7 heteroatoms. The van der Waals surface area contributed by atoms with E-state index in [1.165, 1.54) is 49.6 Å². The highest BCUT2D eigenvalue weighted by atomic mass is 35.5. The van der Waals surface area contributed by atoms with E-state index in [4.69, 9.17) is 9.47 Å². The predicted octanol–water partition coefficient (Wildman–Crippen LogP) is 11.8. The molecule has 0 aromatic heterocycles. The molecule has 0 saturated carbocycles. The van der Waals surface area contributed by atoms with Crippen LogP contribution >= 0.6 is 11.6 Å². The molecule has 0 aliphatic rings. The van der Waals surface area contributed by atoms with Crippen LogP contribution in [-0.2, 0) is 4.79 Å². The van der Waals surface area contributed by atoms with Crippen molar-refractivity contribution >= 4 is 23.7 Å². The first-order valence-corrected chi connectivity index (χ1v) is 19.5. The average molecular weight is 708 g/mol. The highest BCUT2D eigenvalue weighted by Gasteiger charge is 2.29. The second-order valence-electron chi connectivity index (χ2n) is 14.3. The third-order valence-corrected chi connectivity index (χ3v) is 8.46. The minimum atomic E-state index is -0.200. The second kappa shape index (κ2) is 26.4. The van der Waals surface area contributed by atoms with Crippen LogP contribution in [0.25, 0.3) is 0 Å². The van der Waals surface area contributed by atoms with E-state index >= 15 is 0 Å². The van der Waals surface area contributed by atoms with Gasteiger partial charge >= 0.3 is 12.1 Å². The lowest BCUT2D eigenvalue weighted by atomic mass is 10.0. The molecule has 0 spiro atoms. The van der Waals surface area contributed by atoms with Crippen molar-refractivity contribution in [1.29, 1.82) is 0 Å². The number of carbonyl (C=O) groups is 2. The minimum absolute atomic E-state index is 0.167. The van der Waals surface area contributed by atoms with Crippen molar-refractivity contribution < 1.29 is 28.0 Å². The fourth-order valence-corrected chi connectivity index (χ4v) is 5.17. The van der Waals surface area contributed by atoms with Crippen LogP contribution in [0, 0.1) is 13.8 Å². The third kappa shape index (κ3) is 20.1. The Hall–Kier alpha value is -2.41. The zero-order valence-corrected chi connectivity index (χ0v) is 35.1. The number of likely N-dealkylation sites (N-methyl/N-ethyl adjacent to an activating group) is 1. The Morgan fingerprint density at radius 2 is 0.980 bits per heavy atom. The van der Waals surface area contributed by atoms with Crippen molar-refractivity contribution in [2.45, 2.75) is 132 Å². The first-order chi connectivity index (χ1) is 23.1. The Morgan fingerprint density at radius 3 is 1.39 bits per heavy atom. The topological polar surface area (TPSA) is 52.6 Å². The van der Waals surface area contributed by atoms with Crippen molar-refractivity contribution in [1.82, 2.24) is 0 Å². The standard InChI is InChI=1S/C37H60N2O4.2C2H6.CH3Cl/c1-28(2)32-21-19-30(5)34(25-32)42-36(40)27-38(7,8)23-17-15-13-11-12-14-16-18-24-39(9,10)37(41)43-35-26-33(29(3)4)22-20-31(35)6;3*1-2/h19-22,25-26,28-29H,11-18,23-24,27H2,1-10H3;2*1-2H3;1H3/q+2;;;. The van der Waals surface area contributed by atoms with E-state index in [1.54, 1.807) is 0 Å². The van der Waals surface area contributed by atoms with Crippen LogP contribution in [0.1, 0.15) is 141 Å². The molecule has 49 heavy (non-hydrogen) atoms. The summed E-state index contributed by atoms with van der Waals surface area (Å²) < 4.78 is 12.5. The lowest BCUT2D eigenvalue weighted by Crippen LogP contribution is -2.48. The maximum Gasteiger partial charge on any atom is 0.521 e. The number of carbonyl (C=O) groups excluding carboxylic acids is 2. The number of hydrogen-bond acceptors (Lipinski definition) is 4. The Bertz CT molecular complexity index is 1190. The SMILES string of the molecule is CC.CC.CCl.Cc1ccc(C(C)C)cc1OC(=O)C[N+](C)(C)CCCCCCCCCC[N+](C)(C)C(=O)Oc1cc(C(C)C)ccc1C. The highest BCUT2D eigenvalue weighted by molar-refractivity contribution is 6.15. The third-order valence-electron chi connectivity index (χ3n) is 8.46. The quantitative estimate of drug-likeness (QED) is 0.0540. The number of unbranched alkanes of at least 4 members (excludes halogenated alkanes) is 7. The maximum atomic E-state index is 12.9. The molecular weight excluding hydrogens is 632 g/mol. The number of alkyl halides is 1. The molecule has 0 aliphatic carbocycles. The molecule has 0 atom stereocenters. The molecule has 0 bridgehead atoms. The largest absolute Gasteiger partial charge is 0.521 e. The van der Waals surface area contributed by atoms with Crippen LogP contribution in [0.5, 0.6) is 11.5 Å². The summed E-state index contributed by atoms with van der Waals surface area (Å²) in [7, 11) is 8.10. The van der Waals surface area contributed by atoms with Gasteiger partial charge in [-0.15, -0.1) is 11.6 Å². The normalized spacial score (nSPS) is 11.1. The summed E-state index contributed by atoms with van der Waals surface area (Å²) in [5.74, 6) is 1.98. The lowest BCUT2D eigenvalue weighted by molar-refractivity contribution is -0.883. The number of amides is 1. The zero-order chi connectivity index (χ0) is 38.2. The van der Waals surface area contributed by atoms with Gasteiger partial charge in [-0.25, -0.2) is 9.28 Å². The van der Waals surface area contributed by atoms with E-state index in [0.29, 0.717) is 34.4 Å². The zero-order valence-electron chi connectivity index (χ0n) is 34.3. The number of nitrogens with zero attached hydrogens (tertiary/aromatic N) is 2. The van der Waals surface area contributed by atoms with Crippen molar-refractivity contribution in [3.8, 4) is 11.5 Å². The molecular formula is C42H75ClN2O4+2. The molecule has 1 amide bonds. The van der Waals surface area contributed by atoms with Gasteiger partial charge in [-0.05, 0) is 85.8 Å². The van der Waals surface area contributed by atoms with E-state index in [0.717, 1.165) is 43.5 Å². The summed E-state index contributed by atoms with van der Waals surface area (Å²) in [6, 6.07) is 12.3. The van der Waals surface area contributed by atoms with Gasteiger partial charge in [-0.1, -0.05) is 105 Å². The second-order valence-corrected chi connectivity index (χ2v) is 14.3. The molecule has 282 valence electrons. The van der Waals surface area contributed by atoms with Crippen molar-refractivity contribution in [2.24, 2.45) is 0 Å². The number of halogens is 1. The van der Waals surface area contributed by atoms with Gasteiger partial charge < -0.3 is 14.0 Å². The number of esters is 1. The maximum absolute atomic E-state index is 12.9. The lowest BCUT2D eigenvalue weighted by Gasteiger charge is -2.28. The molecule has 0 fully saturated rings. The number of rotatable bonds is 17. The fourth-order valence-electron chi connectivity index (χ4n) is 5.17. The van der Waals surface area contributed by atoms with Gasteiger partial charge in [0.05, 0.1) is 41.3 Å². The first kappa shape index (κ1) is 48.7. The van der Waals surface area contributed by atoms with Crippen LogP contribution < -0.4 is 9.47 Å². The molecule has 0 saturated heterocycles. The number of benzene rings is 2. The van der Waals surface area contributed by atoms with Gasteiger partial charge in [-0.2, -0.15) is 4.79 Å². The number of ether oxygens (including phenoxy) is 2. The fraction of sp³-hybridized carbons (Fsp3) is 0.667. The minimum Gasteiger partial charge on any atom is -0.422 e. The molecule has 2 aromatic carbocycles. The Labute approximate surface area is 307 Å². The van der Waals surface area contributed by atoms with Crippen LogP contribution in [0.15, 0.2) is 36.4 Å². The summed E-state index contributed by atoms with van der Waals surface area (Å²) in [5, 5.41) is 0. The summed E-state index contributed by atoms with van der Waals surface area (Å²) in [5.41, 5.74) is 4.34. The summed E-state index contributed by atoms with van der Waals surface area (Å²) in [4.78, 5) is 25.6. The summed E-state index contributed by atoms with van der Waals surface area (Å²) >= 11 is 4.64. The van der Waals surface area contributed by atoms with Gasteiger partial charge in [0.2, 0.25) is 0 Å². The van der Waals surface area contributed by atoms with Crippen molar-refractivity contribution in [2.75, 3.05) is 54.2 Å². The van der Waals surface area contributed by atoms with E-state index < -0.39 is 0 Å². The molecule has 0 unspecified atom stereocenters. The molecule has 6 nitrogen and oxygen atoms in total. The molecule has 0 radical (unpaired) electrons. The Morgan fingerprint density at radius 1 is 0.612 bits per heavy atom. The van der Waals surface area contributed by atoms with Crippen molar-refractivity contribution in [3.05, 3.63) is 58.7 Å². The van der Waals surface area contributed by atoms with E-state index in [1.807, 2.05) is 79.9 Å². The smallest absolute Gasteiger partial charge is 0.422 e. The average Bonchev–Trinajstić information content (AvgIpc) is 3.06.